The first-order valence-corrected chi connectivity index (χ1v) is 7.12. The number of amides is 1. The van der Waals surface area contributed by atoms with Gasteiger partial charge in [-0.05, 0) is 32.0 Å². The van der Waals surface area contributed by atoms with Crippen LogP contribution in [-0.4, -0.2) is 43.8 Å². The predicted molar refractivity (Wildman–Crippen MR) is 82.8 cm³/mol. The highest BCUT2D eigenvalue weighted by Gasteiger charge is 2.26. The van der Waals surface area contributed by atoms with Gasteiger partial charge in [-0.3, -0.25) is 4.79 Å². The zero-order chi connectivity index (χ0) is 14.1. The number of halogens is 2. The molecule has 0 saturated carbocycles. The van der Waals surface area contributed by atoms with Crippen molar-refractivity contribution in [2.45, 2.75) is 18.9 Å². The standard InChI is InChI=1S/C14H17ClN2O3.ClH/c1-16-10-3-2-4-17(7-10)14(18)9-5-11(15)13-12(6-9)19-8-20-13;/h5-6,10,16H,2-4,7-8H2,1H3;1H. The number of hydrogen-bond donors (Lipinski definition) is 1. The van der Waals surface area contributed by atoms with E-state index in [1.54, 1.807) is 12.1 Å². The van der Waals surface area contributed by atoms with E-state index in [0.29, 0.717) is 28.1 Å². The van der Waals surface area contributed by atoms with Crippen LogP contribution in [0.5, 0.6) is 11.5 Å². The first-order valence-electron chi connectivity index (χ1n) is 6.74. The molecule has 1 unspecified atom stereocenters. The van der Waals surface area contributed by atoms with Crippen molar-refractivity contribution in [3.8, 4) is 11.5 Å². The maximum Gasteiger partial charge on any atom is 0.254 e. The van der Waals surface area contributed by atoms with Crippen LogP contribution in [-0.2, 0) is 0 Å². The van der Waals surface area contributed by atoms with Crippen LogP contribution in [0.25, 0.3) is 0 Å². The van der Waals surface area contributed by atoms with E-state index in [0.717, 1.165) is 25.9 Å². The molecular formula is C14H18Cl2N2O3. The van der Waals surface area contributed by atoms with Crippen LogP contribution in [0.4, 0.5) is 0 Å². The Kier molecular flexibility index (Phi) is 5.19. The van der Waals surface area contributed by atoms with Crippen LogP contribution < -0.4 is 14.8 Å². The molecule has 0 spiro atoms. The topological polar surface area (TPSA) is 50.8 Å². The van der Waals surface area contributed by atoms with Crippen molar-refractivity contribution < 1.29 is 14.3 Å². The van der Waals surface area contributed by atoms with Crippen LogP contribution in [0, 0.1) is 0 Å². The monoisotopic (exact) mass is 332 g/mol. The van der Waals surface area contributed by atoms with Crippen LogP contribution >= 0.6 is 24.0 Å². The number of rotatable bonds is 2. The second-order valence-corrected chi connectivity index (χ2v) is 5.48. The van der Waals surface area contributed by atoms with Crippen molar-refractivity contribution in [3.05, 3.63) is 22.7 Å². The third kappa shape index (κ3) is 3.20. The number of carbonyl (C=O) groups is 1. The number of nitrogens with zero attached hydrogens (tertiary/aromatic N) is 1. The molecule has 0 aliphatic carbocycles. The maximum absolute atomic E-state index is 12.6. The summed E-state index contributed by atoms with van der Waals surface area (Å²) in [5.74, 6) is 1.06. The summed E-state index contributed by atoms with van der Waals surface area (Å²) in [4.78, 5) is 14.4. The molecule has 0 aromatic heterocycles. The van der Waals surface area contributed by atoms with Crippen LogP contribution in [0.2, 0.25) is 5.02 Å². The van der Waals surface area contributed by atoms with E-state index in [1.165, 1.54) is 0 Å². The Morgan fingerprint density at radius 3 is 3.00 bits per heavy atom. The third-order valence-corrected chi connectivity index (χ3v) is 4.07. The highest BCUT2D eigenvalue weighted by atomic mass is 35.5. The van der Waals surface area contributed by atoms with Crippen molar-refractivity contribution in [2.24, 2.45) is 0 Å². The molecule has 2 heterocycles. The molecule has 1 aromatic rings. The maximum atomic E-state index is 12.6. The first-order chi connectivity index (χ1) is 9.69. The van der Waals surface area contributed by atoms with Crippen molar-refractivity contribution in [1.29, 1.82) is 0 Å². The molecule has 1 atom stereocenters. The molecule has 1 saturated heterocycles. The molecule has 0 radical (unpaired) electrons. The fourth-order valence-electron chi connectivity index (χ4n) is 2.67. The number of hydrogen-bond acceptors (Lipinski definition) is 4. The molecular weight excluding hydrogens is 315 g/mol. The summed E-state index contributed by atoms with van der Waals surface area (Å²) >= 11 is 6.13. The van der Waals surface area contributed by atoms with Gasteiger partial charge < -0.3 is 19.7 Å². The summed E-state index contributed by atoms with van der Waals surface area (Å²) < 4.78 is 10.6. The minimum atomic E-state index is -0.00912. The molecule has 1 N–H and O–H groups in total. The van der Waals surface area contributed by atoms with Crippen LogP contribution in [0.15, 0.2) is 12.1 Å². The third-order valence-electron chi connectivity index (χ3n) is 3.79. The highest BCUT2D eigenvalue weighted by Crippen LogP contribution is 2.40. The minimum Gasteiger partial charge on any atom is -0.454 e. The zero-order valence-corrected chi connectivity index (χ0v) is 13.3. The summed E-state index contributed by atoms with van der Waals surface area (Å²) in [6.07, 6.45) is 2.11. The van der Waals surface area contributed by atoms with Crippen molar-refractivity contribution in [1.82, 2.24) is 10.2 Å². The Morgan fingerprint density at radius 2 is 2.24 bits per heavy atom. The number of nitrogens with one attached hydrogen (secondary N) is 1. The van der Waals surface area contributed by atoms with Crippen molar-refractivity contribution in [2.75, 3.05) is 26.9 Å². The van der Waals surface area contributed by atoms with Crippen molar-refractivity contribution >= 4 is 29.9 Å². The molecule has 2 aliphatic heterocycles. The fraction of sp³-hybridized carbons (Fsp3) is 0.500. The number of likely N-dealkylation sites (N-methyl/N-ethyl adjacent to an activating group) is 1. The van der Waals surface area contributed by atoms with E-state index in [2.05, 4.69) is 5.32 Å². The average molecular weight is 333 g/mol. The molecule has 7 heteroatoms. The number of carbonyl (C=O) groups excluding carboxylic acids is 1. The smallest absolute Gasteiger partial charge is 0.254 e. The molecule has 0 bridgehead atoms. The summed E-state index contributed by atoms with van der Waals surface area (Å²) in [5.41, 5.74) is 0.552. The summed E-state index contributed by atoms with van der Waals surface area (Å²) in [7, 11) is 1.93. The van der Waals surface area contributed by atoms with Gasteiger partial charge in [0.25, 0.3) is 5.91 Å². The second-order valence-electron chi connectivity index (χ2n) is 5.07. The molecule has 5 nitrogen and oxygen atoms in total. The van der Waals surface area contributed by atoms with Gasteiger partial charge in [-0.25, -0.2) is 0 Å². The van der Waals surface area contributed by atoms with Gasteiger partial charge in [-0.1, -0.05) is 11.6 Å². The summed E-state index contributed by atoms with van der Waals surface area (Å²) in [6.45, 7) is 1.66. The Balaban J connectivity index is 0.00000161. The van der Waals surface area contributed by atoms with Gasteiger partial charge >= 0.3 is 0 Å². The predicted octanol–water partition coefficient (Wildman–Crippen LogP) is 2.31. The van der Waals surface area contributed by atoms with E-state index in [1.807, 2.05) is 11.9 Å². The molecule has 2 aliphatic rings. The lowest BCUT2D eigenvalue weighted by atomic mass is 10.0. The molecule has 1 aromatic carbocycles. The zero-order valence-electron chi connectivity index (χ0n) is 11.7. The second kappa shape index (κ2) is 6.73. The molecule has 1 amide bonds. The van der Waals surface area contributed by atoms with Gasteiger partial charge in [0.15, 0.2) is 11.5 Å². The fourth-order valence-corrected chi connectivity index (χ4v) is 2.94. The normalized spacial score (nSPS) is 20.1. The lowest BCUT2D eigenvalue weighted by molar-refractivity contribution is 0.0698. The van der Waals surface area contributed by atoms with Gasteiger partial charge in [-0.15, -0.1) is 12.4 Å². The molecule has 116 valence electrons. The Bertz CT molecular complexity index is 539. The lowest BCUT2D eigenvalue weighted by Crippen LogP contribution is -2.46. The lowest BCUT2D eigenvalue weighted by Gasteiger charge is -2.32. The van der Waals surface area contributed by atoms with Gasteiger partial charge in [0.2, 0.25) is 6.79 Å². The van der Waals surface area contributed by atoms with Gasteiger partial charge in [0.1, 0.15) is 0 Å². The first kappa shape index (κ1) is 16.2. The molecule has 1 fully saturated rings. The largest absolute Gasteiger partial charge is 0.454 e. The van der Waals surface area contributed by atoms with E-state index >= 15 is 0 Å². The number of ether oxygens (including phenoxy) is 2. The van der Waals surface area contributed by atoms with E-state index in [9.17, 15) is 4.79 Å². The average Bonchev–Trinajstić information content (AvgIpc) is 2.95. The molecule has 3 rings (SSSR count). The SMILES string of the molecule is CNC1CCCN(C(=O)c2cc(Cl)c3c(c2)OCO3)C1.Cl. The number of likely N-dealkylation sites (tertiary alicyclic amines) is 1. The number of fused-ring (bicyclic) bond motifs is 1. The quantitative estimate of drug-likeness (QED) is 0.902. The van der Waals surface area contributed by atoms with Gasteiger partial charge in [0.05, 0.1) is 5.02 Å². The number of piperidine rings is 1. The van der Waals surface area contributed by atoms with E-state index < -0.39 is 0 Å². The number of benzene rings is 1. The van der Waals surface area contributed by atoms with Gasteiger partial charge in [-0.2, -0.15) is 0 Å². The van der Waals surface area contributed by atoms with Crippen LogP contribution in [0.3, 0.4) is 0 Å². The minimum absolute atomic E-state index is 0. The van der Waals surface area contributed by atoms with E-state index in [-0.39, 0.29) is 25.1 Å². The van der Waals surface area contributed by atoms with Crippen LogP contribution in [0.1, 0.15) is 23.2 Å². The Morgan fingerprint density at radius 1 is 1.43 bits per heavy atom. The Hall–Kier alpha value is -1.17. The van der Waals surface area contributed by atoms with Crippen molar-refractivity contribution in [3.63, 3.8) is 0 Å². The van der Waals surface area contributed by atoms with Gasteiger partial charge in [0, 0.05) is 24.7 Å². The van der Waals surface area contributed by atoms with E-state index in [4.69, 9.17) is 21.1 Å². The summed E-state index contributed by atoms with van der Waals surface area (Å²) in [5, 5.41) is 3.65. The highest BCUT2D eigenvalue weighted by molar-refractivity contribution is 6.32. The summed E-state index contributed by atoms with van der Waals surface area (Å²) in [6, 6.07) is 3.72. The Labute approximate surface area is 134 Å². The molecule has 21 heavy (non-hydrogen) atoms.